The van der Waals surface area contributed by atoms with Gasteiger partial charge in [-0.3, -0.25) is 14.5 Å². The first kappa shape index (κ1) is 21.1. The Labute approximate surface area is 185 Å². The van der Waals surface area contributed by atoms with Gasteiger partial charge in [-0.15, -0.1) is 0 Å². The first-order valence-electron chi connectivity index (χ1n) is 10.3. The maximum absolute atomic E-state index is 12.6. The van der Waals surface area contributed by atoms with Crippen LogP contribution in [0.3, 0.4) is 0 Å². The van der Waals surface area contributed by atoms with Crippen molar-refractivity contribution in [2.24, 2.45) is 5.73 Å². The molecule has 3 amide bonds. The molecule has 1 saturated heterocycles. The van der Waals surface area contributed by atoms with E-state index in [4.69, 9.17) is 10.5 Å². The highest BCUT2D eigenvalue weighted by Crippen LogP contribution is 2.34. The number of nitrogens with one attached hydrogen (secondary N) is 1. The van der Waals surface area contributed by atoms with Gasteiger partial charge < -0.3 is 15.8 Å². The summed E-state index contributed by atoms with van der Waals surface area (Å²) < 4.78 is 5.54. The Morgan fingerprint density at radius 1 is 0.906 bits per heavy atom. The summed E-state index contributed by atoms with van der Waals surface area (Å²) in [6.07, 6.45) is -1.24. The van der Waals surface area contributed by atoms with E-state index in [2.05, 4.69) is 5.32 Å². The van der Waals surface area contributed by atoms with E-state index in [1.165, 1.54) is 4.90 Å². The highest BCUT2D eigenvalue weighted by atomic mass is 16.6. The van der Waals surface area contributed by atoms with Crippen molar-refractivity contribution in [3.8, 4) is 0 Å². The van der Waals surface area contributed by atoms with Crippen LogP contribution in [0.4, 0.5) is 10.5 Å². The predicted octanol–water partition coefficient (Wildman–Crippen LogP) is 3.42. The minimum absolute atomic E-state index is 0.172. The summed E-state index contributed by atoms with van der Waals surface area (Å²) in [7, 11) is 0. The molecular formula is C25H23N3O4. The lowest BCUT2D eigenvalue weighted by Gasteiger charge is -2.22. The maximum atomic E-state index is 12.6. The molecule has 3 aromatic carbocycles. The van der Waals surface area contributed by atoms with E-state index >= 15 is 0 Å². The molecule has 2 unspecified atom stereocenters. The smallest absolute Gasteiger partial charge is 0.411 e. The quantitative estimate of drug-likeness (QED) is 0.601. The molecule has 7 heteroatoms. The number of benzene rings is 3. The maximum Gasteiger partial charge on any atom is 0.411 e. The molecule has 1 fully saturated rings. The first-order chi connectivity index (χ1) is 15.5. The van der Waals surface area contributed by atoms with Gasteiger partial charge in [-0.2, -0.15) is 0 Å². The Kier molecular flexibility index (Phi) is 6.17. The Morgan fingerprint density at radius 2 is 1.56 bits per heavy atom. The topological polar surface area (TPSA) is 102 Å². The molecule has 3 N–H and O–H groups in total. The number of primary amides is 1. The highest BCUT2D eigenvalue weighted by molar-refractivity contribution is 5.92. The molecule has 4 rings (SSSR count). The number of nitrogens with two attached hydrogens (primary N) is 1. The fourth-order valence-electron chi connectivity index (χ4n) is 3.79. The summed E-state index contributed by atoms with van der Waals surface area (Å²) in [4.78, 5) is 38.6. The lowest BCUT2D eigenvalue weighted by atomic mass is 10.0. The van der Waals surface area contributed by atoms with Crippen LogP contribution in [0, 0.1) is 0 Å². The van der Waals surface area contributed by atoms with Crippen LogP contribution in [-0.4, -0.2) is 28.8 Å². The molecule has 1 aliphatic rings. The van der Waals surface area contributed by atoms with E-state index in [0.29, 0.717) is 11.3 Å². The Bertz CT molecular complexity index is 1120. The lowest BCUT2D eigenvalue weighted by molar-refractivity contribution is -0.123. The second-order valence-electron chi connectivity index (χ2n) is 7.60. The highest BCUT2D eigenvalue weighted by Gasteiger charge is 2.46. The van der Waals surface area contributed by atoms with Gasteiger partial charge in [0.2, 0.25) is 11.8 Å². The third kappa shape index (κ3) is 4.78. The van der Waals surface area contributed by atoms with Gasteiger partial charge in [0, 0.05) is 5.69 Å². The summed E-state index contributed by atoms with van der Waals surface area (Å²) >= 11 is 0. The molecule has 32 heavy (non-hydrogen) atoms. The summed E-state index contributed by atoms with van der Waals surface area (Å²) in [5.41, 5.74) is 8.54. The Hall–Kier alpha value is -4.13. The molecule has 3 aromatic rings. The average Bonchev–Trinajstić information content (AvgIpc) is 3.11. The van der Waals surface area contributed by atoms with Crippen molar-refractivity contribution < 1.29 is 19.1 Å². The van der Waals surface area contributed by atoms with E-state index < -0.39 is 24.1 Å². The fraction of sp³-hybridized carbons (Fsp3) is 0.160. The first-order valence-corrected chi connectivity index (χ1v) is 10.3. The molecule has 1 aliphatic heterocycles. The average molecular weight is 429 g/mol. The van der Waals surface area contributed by atoms with Gasteiger partial charge in [-0.05, 0) is 28.8 Å². The van der Waals surface area contributed by atoms with Crippen molar-refractivity contribution in [1.29, 1.82) is 0 Å². The van der Waals surface area contributed by atoms with Gasteiger partial charge in [-0.25, -0.2) is 4.79 Å². The second-order valence-corrected chi connectivity index (χ2v) is 7.60. The lowest BCUT2D eigenvalue weighted by Crippen LogP contribution is -2.43. The number of hydrogen-bond acceptors (Lipinski definition) is 4. The van der Waals surface area contributed by atoms with Gasteiger partial charge in [0.25, 0.3) is 0 Å². The van der Waals surface area contributed by atoms with Crippen LogP contribution in [-0.2, 0) is 27.3 Å². The van der Waals surface area contributed by atoms with Crippen LogP contribution in [0.1, 0.15) is 22.8 Å². The molecule has 7 nitrogen and oxygen atoms in total. The summed E-state index contributed by atoms with van der Waals surface area (Å²) in [5, 5.41) is 2.85. The number of carbonyl (C=O) groups is 3. The van der Waals surface area contributed by atoms with Crippen molar-refractivity contribution in [2.45, 2.75) is 25.1 Å². The van der Waals surface area contributed by atoms with Gasteiger partial charge in [0.1, 0.15) is 0 Å². The molecule has 0 spiro atoms. The number of amides is 3. The van der Waals surface area contributed by atoms with Crippen LogP contribution in [0.15, 0.2) is 84.9 Å². The molecule has 0 saturated carbocycles. The molecule has 2 atom stereocenters. The van der Waals surface area contributed by atoms with Crippen LogP contribution >= 0.6 is 0 Å². The largest absolute Gasteiger partial charge is 0.438 e. The normalized spacial score (nSPS) is 17.6. The molecule has 162 valence electrons. The number of rotatable bonds is 7. The van der Waals surface area contributed by atoms with E-state index in [0.717, 1.165) is 11.1 Å². The van der Waals surface area contributed by atoms with Crippen LogP contribution in [0.25, 0.3) is 0 Å². The standard InChI is InChI=1S/C25H23N3O4/c26-24(30)22-23(32-25(31)28(22)16-18-10-5-2-6-11-18)19-12-7-13-20(15-19)27-21(29)14-17-8-3-1-4-9-17/h1-13,15,22-23H,14,16H2,(H2,26,30)(H,27,29). The third-order valence-electron chi connectivity index (χ3n) is 5.28. The number of hydrogen-bond donors (Lipinski definition) is 2. The van der Waals surface area contributed by atoms with Gasteiger partial charge in [-0.1, -0.05) is 72.8 Å². The van der Waals surface area contributed by atoms with Crippen molar-refractivity contribution in [3.05, 3.63) is 102 Å². The van der Waals surface area contributed by atoms with E-state index in [9.17, 15) is 14.4 Å². The van der Waals surface area contributed by atoms with Crippen LogP contribution in [0.5, 0.6) is 0 Å². The number of carbonyl (C=O) groups excluding carboxylic acids is 3. The zero-order valence-corrected chi connectivity index (χ0v) is 17.3. The third-order valence-corrected chi connectivity index (χ3v) is 5.28. The van der Waals surface area contributed by atoms with Crippen molar-refractivity contribution in [1.82, 2.24) is 4.90 Å². The molecule has 1 heterocycles. The Balaban J connectivity index is 1.51. The second kappa shape index (κ2) is 9.34. The summed E-state index contributed by atoms with van der Waals surface area (Å²) in [6, 6.07) is 24.7. The van der Waals surface area contributed by atoms with Crippen molar-refractivity contribution >= 4 is 23.6 Å². The number of ether oxygens (including phenoxy) is 1. The number of cyclic esters (lactones) is 1. The number of anilines is 1. The van der Waals surface area contributed by atoms with Gasteiger partial charge >= 0.3 is 6.09 Å². The van der Waals surface area contributed by atoms with E-state index in [1.54, 1.807) is 24.3 Å². The zero-order chi connectivity index (χ0) is 22.5. The molecular weight excluding hydrogens is 406 g/mol. The van der Waals surface area contributed by atoms with Gasteiger partial charge in [0.05, 0.1) is 13.0 Å². The molecule has 0 aromatic heterocycles. The fourth-order valence-corrected chi connectivity index (χ4v) is 3.79. The molecule has 0 bridgehead atoms. The number of nitrogens with zero attached hydrogens (tertiary/aromatic N) is 1. The van der Waals surface area contributed by atoms with E-state index in [1.807, 2.05) is 60.7 Å². The Morgan fingerprint density at radius 3 is 2.22 bits per heavy atom. The van der Waals surface area contributed by atoms with Crippen molar-refractivity contribution in [3.63, 3.8) is 0 Å². The molecule has 0 aliphatic carbocycles. The predicted molar refractivity (Wildman–Crippen MR) is 119 cm³/mol. The van der Waals surface area contributed by atoms with Crippen LogP contribution in [0.2, 0.25) is 0 Å². The zero-order valence-electron chi connectivity index (χ0n) is 17.3. The van der Waals surface area contributed by atoms with E-state index in [-0.39, 0.29) is 18.9 Å². The minimum atomic E-state index is -0.960. The summed E-state index contributed by atoms with van der Waals surface area (Å²) in [5.74, 6) is -0.829. The summed E-state index contributed by atoms with van der Waals surface area (Å²) in [6.45, 7) is 0.206. The molecule has 0 radical (unpaired) electrons. The van der Waals surface area contributed by atoms with Crippen LogP contribution < -0.4 is 11.1 Å². The van der Waals surface area contributed by atoms with Crippen molar-refractivity contribution in [2.75, 3.05) is 5.32 Å². The van der Waals surface area contributed by atoms with Gasteiger partial charge in [0.15, 0.2) is 12.1 Å². The SMILES string of the molecule is NC(=O)C1C(c2cccc(NC(=O)Cc3ccccc3)c2)OC(=O)N1Cc1ccccc1. The minimum Gasteiger partial charge on any atom is -0.438 e. The monoisotopic (exact) mass is 429 g/mol.